The number of hydrogen-bond acceptors (Lipinski definition) is 2. The summed E-state index contributed by atoms with van der Waals surface area (Å²) in [6.07, 6.45) is 11.3. The molecule has 0 amide bonds. The summed E-state index contributed by atoms with van der Waals surface area (Å²) in [7, 11) is 0. The van der Waals surface area contributed by atoms with Gasteiger partial charge in [0.25, 0.3) is 0 Å². The molecular weight excluding hydrogens is 196 g/mol. The van der Waals surface area contributed by atoms with E-state index in [2.05, 4.69) is 11.8 Å². The average molecular weight is 224 g/mol. The third-order valence-electron chi connectivity index (χ3n) is 4.70. The largest absolute Gasteiger partial charge is 0.326 e. The molecule has 0 aromatic rings. The van der Waals surface area contributed by atoms with Crippen LogP contribution in [0, 0.1) is 5.92 Å². The van der Waals surface area contributed by atoms with E-state index in [9.17, 15) is 0 Å². The smallest absolute Gasteiger partial charge is 0.0196 e. The molecule has 2 aliphatic carbocycles. The molecular formula is C14H28N2. The standard InChI is InChI=1S/C14H28N2/c1-2-16(13-9-5-6-10-13)11-14(15)12-7-3-4-8-12/h12-14H,2-11,15H2,1H3. The first-order valence-electron chi connectivity index (χ1n) is 7.31. The molecule has 0 bridgehead atoms. The molecule has 2 fully saturated rings. The Morgan fingerprint density at radius 2 is 1.62 bits per heavy atom. The van der Waals surface area contributed by atoms with Crippen LogP contribution in [-0.4, -0.2) is 30.1 Å². The van der Waals surface area contributed by atoms with Gasteiger partial charge in [-0.3, -0.25) is 4.90 Å². The summed E-state index contributed by atoms with van der Waals surface area (Å²) >= 11 is 0. The summed E-state index contributed by atoms with van der Waals surface area (Å²) in [6.45, 7) is 4.62. The number of rotatable bonds is 5. The van der Waals surface area contributed by atoms with Gasteiger partial charge in [-0.2, -0.15) is 0 Å². The second kappa shape index (κ2) is 6.02. The molecule has 2 nitrogen and oxygen atoms in total. The fourth-order valence-electron chi connectivity index (χ4n) is 3.61. The van der Waals surface area contributed by atoms with Crippen molar-refractivity contribution in [2.75, 3.05) is 13.1 Å². The van der Waals surface area contributed by atoms with E-state index in [4.69, 9.17) is 5.73 Å². The van der Waals surface area contributed by atoms with Gasteiger partial charge in [-0.15, -0.1) is 0 Å². The second-order valence-corrected chi connectivity index (χ2v) is 5.73. The first kappa shape index (κ1) is 12.4. The van der Waals surface area contributed by atoms with E-state index in [1.807, 2.05) is 0 Å². The Labute approximate surface area is 101 Å². The van der Waals surface area contributed by atoms with E-state index in [1.54, 1.807) is 0 Å². The first-order valence-corrected chi connectivity index (χ1v) is 7.31. The molecule has 94 valence electrons. The van der Waals surface area contributed by atoms with E-state index < -0.39 is 0 Å². The van der Waals surface area contributed by atoms with Gasteiger partial charge in [0.1, 0.15) is 0 Å². The lowest BCUT2D eigenvalue weighted by molar-refractivity contribution is 0.179. The van der Waals surface area contributed by atoms with Crippen LogP contribution in [0.1, 0.15) is 58.3 Å². The van der Waals surface area contributed by atoms with Crippen LogP contribution >= 0.6 is 0 Å². The van der Waals surface area contributed by atoms with Gasteiger partial charge in [-0.25, -0.2) is 0 Å². The van der Waals surface area contributed by atoms with Crippen molar-refractivity contribution in [1.29, 1.82) is 0 Å². The zero-order chi connectivity index (χ0) is 11.4. The third kappa shape index (κ3) is 2.98. The summed E-state index contributed by atoms with van der Waals surface area (Å²) in [6, 6.07) is 1.28. The minimum absolute atomic E-state index is 0.433. The lowest BCUT2D eigenvalue weighted by Gasteiger charge is -2.32. The highest BCUT2D eigenvalue weighted by Crippen LogP contribution is 2.29. The number of hydrogen-bond donors (Lipinski definition) is 1. The van der Waals surface area contributed by atoms with Gasteiger partial charge in [-0.1, -0.05) is 32.6 Å². The van der Waals surface area contributed by atoms with Gasteiger partial charge >= 0.3 is 0 Å². The molecule has 0 radical (unpaired) electrons. The van der Waals surface area contributed by atoms with Crippen molar-refractivity contribution in [3.63, 3.8) is 0 Å². The van der Waals surface area contributed by atoms with Gasteiger partial charge in [0, 0.05) is 18.6 Å². The van der Waals surface area contributed by atoms with Crippen LogP contribution < -0.4 is 5.73 Å². The highest BCUT2D eigenvalue weighted by Gasteiger charge is 2.27. The van der Waals surface area contributed by atoms with Crippen LogP contribution in [-0.2, 0) is 0 Å². The molecule has 0 aromatic heterocycles. The predicted molar refractivity (Wildman–Crippen MR) is 69.4 cm³/mol. The van der Waals surface area contributed by atoms with Crippen molar-refractivity contribution in [2.45, 2.75) is 70.4 Å². The van der Waals surface area contributed by atoms with E-state index in [1.165, 1.54) is 57.9 Å². The van der Waals surface area contributed by atoms with E-state index >= 15 is 0 Å². The molecule has 2 heteroatoms. The van der Waals surface area contributed by atoms with E-state index in [-0.39, 0.29) is 0 Å². The van der Waals surface area contributed by atoms with Crippen LogP contribution in [0.2, 0.25) is 0 Å². The number of likely N-dealkylation sites (N-methyl/N-ethyl adjacent to an activating group) is 1. The van der Waals surface area contributed by atoms with Crippen molar-refractivity contribution in [2.24, 2.45) is 11.7 Å². The maximum Gasteiger partial charge on any atom is 0.0196 e. The van der Waals surface area contributed by atoms with Crippen LogP contribution in [0.4, 0.5) is 0 Å². The Morgan fingerprint density at radius 1 is 1.06 bits per heavy atom. The fourth-order valence-corrected chi connectivity index (χ4v) is 3.61. The van der Waals surface area contributed by atoms with Crippen LogP contribution in [0.15, 0.2) is 0 Å². The minimum Gasteiger partial charge on any atom is -0.326 e. The number of nitrogens with two attached hydrogens (primary N) is 1. The Kier molecular flexibility index (Phi) is 4.66. The third-order valence-corrected chi connectivity index (χ3v) is 4.70. The summed E-state index contributed by atoms with van der Waals surface area (Å²) < 4.78 is 0. The van der Waals surface area contributed by atoms with Crippen LogP contribution in [0.25, 0.3) is 0 Å². The van der Waals surface area contributed by atoms with Gasteiger partial charge in [0.15, 0.2) is 0 Å². The van der Waals surface area contributed by atoms with Crippen molar-refractivity contribution in [3.8, 4) is 0 Å². The lowest BCUT2D eigenvalue weighted by atomic mass is 9.98. The molecule has 0 aromatic carbocycles. The molecule has 0 saturated heterocycles. The zero-order valence-electron chi connectivity index (χ0n) is 10.8. The molecule has 1 atom stereocenters. The summed E-state index contributed by atoms with van der Waals surface area (Å²) in [4.78, 5) is 2.65. The van der Waals surface area contributed by atoms with Crippen molar-refractivity contribution >= 4 is 0 Å². The van der Waals surface area contributed by atoms with Crippen LogP contribution in [0.5, 0.6) is 0 Å². The predicted octanol–water partition coefficient (Wildman–Crippen LogP) is 2.77. The molecule has 2 saturated carbocycles. The van der Waals surface area contributed by atoms with Gasteiger partial charge < -0.3 is 5.73 Å². The normalized spacial score (nSPS) is 25.7. The molecule has 2 aliphatic rings. The summed E-state index contributed by atoms with van der Waals surface area (Å²) in [5.74, 6) is 0.815. The van der Waals surface area contributed by atoms with Crippen molar-refractivity contribution < 1.29 is 0 Å². The minimum atomic E-state index is 0.433. The van der Waals surface area contributed by atoms with Crippen molar-refractivity contribution in [1.82, 2.24) is 4.90 Å². The molecule has 16 heavy (non-hydrogen) atoms. The highest BCUT2D eigenvalue weighted by atomic mass is 15.2. The first-order chi connectivity index (χ1) is 7.81. The molecule has 1 unspecified atom stereocenters. The SMILES string of the molecule is CCN(CC(N)C1CCCC1)C1CCCC1. The second-order valence-electron chi connectivity index (χ2n) is 5.73. The van der Waals surface area contributed by atoms with Gasteiger partial charge in [0.05, 0.1) is 0 Å². The molecule has 0 spiro atoms. The lowest BCUT2D eigenvalue weighted by Crippen LogP contribution is -2.45. The van der Waals surface area contributed by atoms with Crippen molar-refractivity contribution in [3.05, 3.63) is 0 Å². The summed E-state index contributed by atoms with van der Waals surface area (Å²) in [5, 5.41) is 0. The Balaban J connectivity index is 1.80. The summed E-state index contributed by atoms with van der Waals surface area (Å²) in [5.41, 5.74) is 6.38. The highest BCUT2D eigenvalue weighted by molar-refractivity contribution is 4.84. The maximum atomic E-state index is 6.38. The van der Waals surface area contributed by atoms with Crippen LogP contribution in [0.3, 0.4) is 0 Å². The Bertz CT molecular complexity index is 193. The maximum absolute atomic E-state index is 6.38. The van der Waals surface area contributed by atoms with E-state index in [0.717, 1.165) is 18.5 Å². The van der Waals surface area contributed by atoms with Gasteiger partial charge in [0.2, 0.25) is 0 Å². The van der Waals surface area contributed by atoms with E-state index in [0.29, 0.717) is 6.04 Å². The molecule has 2 N–H and O–H groups in total. The number of nitrogens with zero attached hydrogens (tertiary/aromatic N) is 1. The molecule has 0 heterocycles. The average Bonchev–Trinajstić information content (AvgIpc) is 2.96. The molecule has 2 rings (SSSR count). The van der Waals surface area contributed by atoms with Gasteiger partial charge in [-0.05, 0) is 38.1 Å². The topological polar surface area (TPSA) is 29.3 Å². The Morgan fingerprint density at radius 3 is 2.19 bits per heavy atom. The zero-order valence-corrected chi connectivity index (χ0v) is 10.8. The molecule has 0 aliphatic heterocycles. The fraction of sp³-hybridized carbons (Fsp3) is 1.00. The monoisotopic (exact) mass is 224 g/mol. The quantitative estimate of drug-likeness (QED) is 0.778. The Hall–Kier alpha value is -0.0800.